The number of rotatable bonds is 7. The maximum atomic E-state index is 4.85. The van der Waals surface area contributed by atoms with Crippen LogP contribution < -0.4 is 0 Å². The Kier molecular flexibility index (Phi) is 6.47. The highest BCUT2D eigenvalue weighted by Gasteiger charge is 2.19. The van der Waals surface area contributed by atoms with Crippen molar-refractivity contribution in [1.29, 1.82) is 0 Å². The van der Waals surface area contributed by atoms with E-state index < -0.39 is 0 Å². The highest BCUT2D eigenvalue weighted by atomic mass is 32.2. The summed E-state index contributed by atoms with van der Waals surface area (Å²) >= 11 is 3.48. The van der Waals surface area contributed by atoms with Crippen LogP contribution in [0.3, 0.4) is 0 Å². The summed E-state index contributed by atoms with van der Waals surface area (Å²) in [5, 5.41) is 13.3. The average molecular weight is 413 g/mol. The molecular weight excluding hydrogens is 384 g/mol. The molecule has 1 aromatic carbocycles. The van der Waals surface area contributed by atoms with Gasteiger partial charge in [-0.25, -0.2) is 4.98 Å². The van der Waals surface area contributed by atoms with Gasteiger partial charge in [-0.3, -0.25) is 0 Å². The minimum absolute atomic E-state index is 0.788. The first-order valence-electron chi connectivity index (χ1n) is 10.3. The molecule has 3 aromatic rings. The molecule has 6 heteroatoms. The van der Waals surface area contributed by atoms with Gasteiger partial charge in [0.25, 0.3) is 0 Å². The van der Waals surface area contributed by atoms with E-state index in [1.165, 1.54) is 43.2 Å². The maximum absolute atomic E-state index is 4.85. The Morgan fingerprint density at radius 1 is 1.14 bits per heavy atom. The van der Waals surface area contributed by atoms with Gasteiger partial charge in [0, 0.05) is 29.7 Å². The monoisotopic (exact) mass is 412 g/mol. The van der Waals surface area contributed by atoms with Crippen LogP contribution in [0.15, 0.2) is 34.8 Å². The minimum Gasteiger partial charge on any atom is -0.306 e. The number of benzene rings is 1. The molecule has 1 aliphatic carbocycles. The largest absolute Gasteiger partial charge is 0.306 e. The highest BCUT2D eigenvalue weighted by Crippen LogP contribution is 2.31. The number of thioether (sulfide) groups is 1. The summed E-state index contributed by atoms with van der Waals surface area (Å²) in [6.45, 7) is 5.27. The zero-order chi connectivity index (χ0) is 19.3. The van der Waals surface area contributed by atoms with E-state index in [9.17, 15) is 0 Å². The minimum atomic E-state index is 0.788. The van der Waals surface area contributed by atoms with Crippen molar-refractivity contribution < 1.29 is 0 Å². The van der Waals surface area contributed by atoms with Gasteiger partial charge in [0.05, 0.1) is 5.69 Å². The Morgan fingerprint density at radius 2 is 1.96 bits per heavy atom. The van der Waals surface area contributed by atoms with Gasteiger partial charge in [-0.15, -0.1) is 21.5 Å². The number of aromatic nitrogens is 4. The fourth-order valence-electron chi connectivity index (χ4n) is 3.99. The Bertz CT molecular complexity index is 909. The van der Waals surface area contributed by atoms with Gasteiger partial charge in [0.2, 0.25) is 0 Å². The van der Waals surface area contributed by atoms with Crippen molar-refractivity contribution in [1.82, 2.24) is 19.7 Å². The Morgan fingerprint density at radius 3 is 2.75 bits per heavy atom. The molecule has 0 unspecified atom stereocenters. The lowest BCUT2D eigenvalue weighted by Gasteiger charge is -2.21. The second-order valence-electron chi connectivity index (χ2n) is 7.60. The maximum Gasteiger partial charge on any atom is 0.191 e. The summed E-state index contributed by atoms with van der Waals surface area (Å²) in [4.78, 5) is 4.85. The summed E-state index contributed by atoms with van der Waals surface area (Å²) < 4.78 is 2.30. The lowest BCUT2D eigenvalue weighted by molar-refractivity contribution is 0.347. The number of nitrogens with zero attached hydrogens (tertiary/aromatic N) is 4. The fraction of sp³-hybridized carbons (Fsp3) is 0.500. The molecular formula is C22H28N4S2. The highest BCUT2D eigenvalue weighted by molar-refractivity contribution is 7.98. The summed E-state index contributed by atoms with van der Waals surface area (Å²) in [6.07, 6.45) is 7.92. The van der Waals surface area contributed by atoms with Crippen molar-refractivity contribution >= 4 is 23.1 Å². The van der Waals surface area contributed by atoms with Gasteiger partial charge in [0.1, 0.15) is 10.8 Å². The molecule has 1 fully saturated rings. The summed E-state index contributed by atoms with van der Waals surface area (Å²) in [5.74, 6) is 2.79. The van der Waals surface area contributed by atoms with E-state index in [1.807, 2.05) is 0 Å². The average Bonchev–Trinajstić information content (AvgIpc) is 3.34. The van der Waals surface area contributed by atoms with Crippen molar-refractivity contribution in [2.75, 3.05) is 0 Å². The Hall–Kier alpha value is -1.66. The number of aryl methyl sites for hydroxylation is 1. The second-order valence-corrected chi connectivity index (χ2v) is 9.40. The first-order valence-corrected chi connectivity index (χ1v) is 12.2. The molecule has 148 valence electrons. The molecule has 1 aliphatic rings. The standard InChI is InChI=1S/C22H28N4S2/c1-3-26-20(13-17-10-5-4-6-11-17)24-25-22(26)28-15-18-14-27-21(23-18)19-12-8-7-9-16(19)2/h7-9,12,14,17H,3-6,10-11,13,15H2,1-2H3. The summed E-state index contributed by atoms with van der Waals surface area (Å²) in [6, 6.07) is 8.44. The lowest BCUT2D eigenvalue weighted by Crippen LogP contribution is -2.13. The van der Waals surface area contributed by atoms with Crippen LogP contribution in [0.4, 0.5) is 0 Å². The molecule has 0 radical (unpaired) electrons. The van der Waals surface area contributed by atoms with Crippen LogP contribution in [0.5, 0.6) is 0 Å². The van der Waals surface area contributed by atoms with Crippen molar-refractivity contribution in [2.45, 2.75) is 69.8 Å². The summed E-state index contributed by atoms with van der Waals surface area (Å²) in [5.41, 5.74) is 3.62. The van der Waals surface area contributed by atoms with E-state index in [0.717, 1.165) is 46.3 Å². The SMILES string of the molecule is CCn1c(CC2CCCCC2)nnc1SCc1csc(-c2ccccc2C)n1. The van der Waals surface area contributed by atoms with Gasteiger partial charge in [-0.1, -0.05) is 68.1 Å². The van der Waals surface area contributed by atoms with Crippen LogP contribution in [0.2, 0.25) is 0 Å². The lowest BCUT2D eigenvalue weighted by atomic mass is 9.87. The Labute approximate surface area is 175 Å². The van der Waals surface area contributed by atoms with E-state index in [2.05, 4.69) is 58.3 Å². The van der Waals surface area contributed by atoms with Crippen LogP contribution in [-0.2, 0) is 18.7 Å². The topological polar surface area (TPSA) is 43.6 Å². The molecule has 0 atom stereocenters. The van der Waals surface area contributed by atoms with Gasteiger partial charge in [-0.05, 0) is 25.3 Å². The van der Waals surface area contributed by atoms with E-state index >= 15 is 0 Å². The quantitative estimate of drug-likeness (QED) is 0.437. The Balaban J connectivity index is 1.42. The molecule has 0 aliphatic heterocycles. The third kappa shape index (κ3) is 4.49. The molecule has 0 amide bonds. The normalized spacial score (nSPS) is 15.2. The zero-order valence-corrected chi connectivity index (χ0v) is 18.4. The van der Waals surface area contributed by atoms with Gasteiger partial charge >= 0.3 is 0 Å². The third-order valence-corrected chi connectivity index (χ3v) is 7.51. The van der Waals surface area contributed by atoms with Crippen LogP contribution >= 0.6 is 23.1 Å². The molecule has 1 saturated carbocycles. The summed E-state index contributed by atoms with van der Waals surface area (Å²) in [7, 11) is 0. The molecule has 0 N–H and O–H groups in total. The van der Waals surface area contributed by atoms with Crippen LogP contribution in [0.1, 0.15) is 56.1 Å². The molecule has 0 bridgehead atoms. The molecule has 0 saturated heterocycles. The molecule has 4 nitrogen and oxygen atoms in total. The van der Waals surface area contributed by atoms with Crippen molar-refractivity contribution in [2.24, 2.45) is 5.92 Å². The van der Waals surface area contributed by atoms with Crippen molar-refractivity contribution in [3.8, 4) is 10.6 Å². The first kappa shape index (κ1) is 19.6. The van der Waals surface area contributed by atoms with Crippen molar-refractivity contribution in [3.63, 3.8) is 0 Å². The van der Waals surface area contributed by atoms with Crippen LogP contribution in [0, 0.1) is 12.8 Å². The first-order chi connectivity index (χ1) is 13.7. The predicted molar refractivity (Wildman–Crippen MR) is 118 cm³/mol. The number of thiazole rings is 1. The van der Waals surface area contributed by atoms with Gasteiger partial charge in [-0.2, -0.15) is 0 Å². The molecule has 2 heterocycles. The van der Waals surface area contributed by atoms with Crippen LogP contribution in [0.25, 0.3) is 10.6 Å². The van der Waals surface area contributed by atoms with E-state index in [4.69, 9.17) is 4.98 Å². The third-order valence-electron chi connectivity index (χ3n) is 5.58. The van der Waals surface area contributed by atoms with Gasteiger partial charge in [0.15, 0.2) is 5.16 Å². The predicted octanol–water partition coefficient (Wildman–Crippen LogP) is 6.15. The van der Waals surface area contributed by atoms with E-state index in [0.29, 0.717) is 0 Å². The second kappa shape index (κ2) is 9.23. The van der Waals surface area contributed by atoms with E-state index in [-0.39, 0.29) is 0 Å². The van der Waals surface area contributed by atoms with Gasteiger partial charge < -0.3 is 4.57 Å². The zero-order valence-electron chi connectivity index (χ0n) is 16.7. The molecule has 2 aromatic heterocycles. The molecule has 0 spiro atoms. The van der Waals surface area contributed by atoms with E-state index in [1.54, 1.807) is 23.1 Å². The fourth-order valence-corrected chi connectivity index (χ4v) is 5.92. The number of hydrogen-bond donors (Lipinski definition) is 0. The van der Waals surface area contributed by atoms with Crippen molar-refractivity contribution in [3.05, 3.63) is 46.7 Å². The van der Waals surface area contributed by atoms with Crippen LogP contribution in [-0.4, -0.2) is 19.7 Å². The number of hydrogen-bond acceptors (Lipinski definition) is 5. The smallest absolute Gasteiger partial charge is 0.191 e. The molecule has 4 rings (SSSR count). The molecule has 28 heavy (non-hydrogen) atoms.